The lowest BCUT2D eigenvalue weighted by atomic mass is 10.1. The Hall–Kier alpha value is -2.96. The lowest BCUT2D eigenvalue weighted by Gasteiger charge is -2.12. The second-order valence-corrected chi connectivity index (χ2v) is 7.17. The van der Waals surface area contributed by atoms with Gasteiger partial charge in [-0.2, -0.15) is 0 Å². The molecule has 0 aliphatic heterocycles. The highest BCUT2D eigenvalue weighted by Gasteiger charge is 2.20. The molecule has 0 bridgehead atoms. The van der Waals surface area contributed by atoms with Crippen LogP contribution in [0.2, 0.25) is 5.02 Å². The third-order valence-electron chi connectivity index (χ3n) is 4.58. The van der Waals surface area contributed by atoms with Crippen LogP contribution in [0.5, 0.6) is 0 Å². The summed E-state index contributed by atoms with van der Waals surface area (Å²) in [6, 6.07) is 12.8. The zero-order valence-corrected chi connectivity index (χ0v) is 20.1. The molecule has 2 aromatic carbocycles. The molecule has 0 radical (unpaired) electrons. The van der Waals surface area contributed by atoms with Crippen molar-refractivity contribution in [2.24, 2.45) is 0 Å². The molecule has 0 fully saturated rings. The highest BCUT2D eigenvalue weighted by Crippen LogP contribution is 2.29. The fourth-order valence-electron chi connectivity index (χ4n) is 2.97. The zero-order valence-electron chi connectivity index (χ0n) is 19.3. The average Bonchev–Trinajstić information content (AvgIpc) is 3.10. The molecule has 172 valence electrons. The van der Waals surface area contributed by atoms with E-state index < -0.39 is 0 Å². The molecule has 0 spiro atoms. The molecule has 1 aliphatic carbocycles. The first-order valence-corrected chi connectivity index (χ1v) is 11.0. The highest BCUT2D eigenvalue weighted by atomic mass is 35.5. The Balaban J connectivity index is 0.000000944. The first kappa shape index (κ1) is 27.1. The Bertz CT molecular complexity index is 953. The number of rotatable bonds is 6. The van der Waals surface area contributed by atoms with Gasteiger partial charge in [0.05, 0.1) is 10.7 Å². The zero-order chi connectivity index (χ0) is 24.1. The molecule has 1 amide bonds. The fourth-order valence-corrected chi connectivity index (χ4v) is 3.20. The molecule has 32 heavy (non-hydrogen) atoms. The van der Waals surface area contributed by atoms with E-state index in [2.05, 4.69) is 16.0 Å². The van der Waals surface area contributed by atoms with E-state index in [1.165, 1.54) is 6.92 Å². The van der Waals surface area contributed by atoms with Crippen LogP contribution in [-0.2, 0) is 16.1 Å². The van der Waals surface area contributed by atoms with Crippen molar-refractivity contribution in [2.75, 3.05) is 17.7 Å². The number of allylic oxidation sites excluding steroid dienone is 2. The Morgan fingerprint density at radius 2 is 1.72 bits per heavy atom. The molecule has 7 heteroatoms. The Morgan fingerprint density at radius 3 is 2.22 bits per heavy atom. The second kappa shape index (κ2) is 14.2. The van der Waals surface area contributed by atoms with Crippen LogP contribution in [0.1, 0.15) is 56.5 Å². The van der Waals surface area contributed by atoms with Crippen molar-refractivity contribution in [1.82, 2.24) is 5.32 Å². The normalized spacial score (nSPS) is 12.2. The van der Waals surface area contributed by atoms with Crippen molar-refractivity contribution in [2.45, 2.75) is 47.1 Å². The van der Waals surface area contributed by atoms with Gasteiger partial charge in [0, 0.05) is 35.5 Å². The Kier molecular flexibility index (Phi) is 12.0. The molecule has 0 saturated carbocycles. The summed E-state index contributed by atoms with van der Waals surface area (Å²) in [6.07, 6.45) is 1.96. The first-order valence-electron chi connectivity index (χ1n) is 10.6. The van der Waals surface area contributed by atoms with E-state index in [0.29, 0.717) is 29.1 Å². The molecular weight excluding hydrogens is 426 g/mol. The molecule has 1 aliphatic rings. The molecule has 0 saturated heterocycles. The smallest absolute Gasteiger partial charge is 0.255 e. The van der Waals surface area contributed by atoms with E-state index >= 15 is 0 Å². The maximum absolute atomic E-state index is 12.5. The SMILES string of the molecule is CC.CC=O.CNCc1ccc(NC(=O)c2ccc(NC3=C(C)C(=O)CC3)c(Cl)c2)cc1. The summed E-state index contributed by atoms with van der Waals surface area (Å²) in [5.74, 6) is -0.0680. The number of hydrogen-bond donors (Lipinski definition) is 3. The van der Waals surface area contributed by atoms with Gasteiger partial charge < -0.3 is 20.7 Å². The first-order chi connectivity index (χ1) is 15.4. The standard InChI is InChI=1S/C21H22ClN3O2.C2H4O.C2H6/c1-13-18(9-10-20(13)26)25-19-8-5-15(11-17(19)22)21(27)24-16-6-3-14(4-7-16)12-23-2;1-2-3;1-2/h3-8,11,23,25H,9-10,12H2,1-2H3,(H,24,27);2H,1H3;1-2H3. The monoisotopic (exact) mass is 457 g/mol. The quantitative estimate of drug-likeness (QED) is 0.492. The number of amides is 1. The summed E-state index contributed by atoms with van der Waals surface area (Å²) < 4.78 is 0. The van der Waals surface area contributed by atoms with E-state index in [1.807, 2.05) is 52.1 Å². The topological polar surface area (TPSA) is 87.3 Å². The van der Waals surface area contributed by atoms with Crippen molar-refractivity contribution < 1.29 is 14.4 Å². The van der Waals surface area contributed by atoms with Gasteiger partial charge in [-0.25, -0.2) is 0 Å². The Morgan fingerprint density at radius 1 is 1.09 bits per heavy atom. The van der Waals surface area contributed by atoms with E-state index in [-0.39, 0.29) is 11.7 Å². The van der Waals surface area contributed by atoms with Gasteiger partial charge in [0.2, 0.25) is 0 Å². The number of carbonyl (C=O) groups is 3. The molecule has 2 aromatic rings. The van der Waals surface area contributed by atoms with Gasteiger partial charge in [0.1, 0.15) is 6.29 Å². The Labute approximate surface area is 195 Å². The van der Waals surface area contributed by atoms with Crippen LogP contribution in [0.15, 0.2) is 53.7 Å². The van der Waals surface area contributed by atoms with Gasteiger partial charge in [0.15, 0.2) is 5.78 Å². The number of nitrogens with one attached hydrogen (secondary N) is 3. The van der Waals surface area contributed by atoms with Gasteiger partial charge in [0.25, 0.3) is 5.91 Å². The molecule has 0 heterocycles. The van der Waals surface area contributed by atoms with Crippen LogP contribution < -0.4 is 16.0 Å². The average molecular weight is 458 g/mol. The van der Waals surface area contributed by atoms with Crippen LogP contribution in [0.25, 0.3) is 0 Å². The largest absolute Gasteiger partial charge is 0.357 e. The van der Waals surface area contributed by atoms with E-state index in [4.69, 9.17) is 16.4 Å². The predicted octanol–water partition coefficient (Wildman–Crippen LogP) is 5.59. The minimum absolute atomic E-state index is 0.158. The van der Waals surface area contributed by atoms with E-state index in [9.17, 15) is 9.59 Å². The van der Waals surface area contributed by atoms with Crippen molar-refractivity contribution in [1.29, 1.82) is 0 Å². The molecule has 6 nitrogen and oxygen atoms in total. The molecule has 0 unspecified atom stereocenters. The number of ketones is 1. The summed E-state index contributed by atoms with van der Waals surface area (Å²) in [5, 5.41) is 9.60. The summed E-state index contributed by atoms with van der Waals surface area (Å²) >= 11 is 6.34. The molecule has 3 N–H and O–H groups in total. The lowest BCUT2D eigenvalue weighted by Crippen LogP contribution is -2.12. The van der Waals surface area contributed by atoms with Crippen LogP contribution in [-0.4, -0.2) is 25.0 Å². The minimum atomic E-state index is -0.226. The summed E-state index contributed by atoms with van der Waals surface area (Å²) in [5.41, 5.74) is 4.66. The lowest BCUT2D eigenvalue weighted by molar-refractivity contribution is -0.114. The van der Waals surface area contributed by atoms with Crippen LogP contribution in [0.4, 0.5) is 11.4 Å². The maximum atomic E-state index is 12.5. The maximum Gasteiger partial charge on any atom is 0.255 e. The van der Waals surface area contributed by atoms with Crippen molar-refractivity contribution in [3.05, 3.63) is 69.9 Å². The van der Waals surface area contributed by atoms with Gasteiger partial charge in [-0.15, -0.1) is 0 Å². The third-order valence-corrected chi connectivity index (χ3v) is 4.90. The number of carbonyl (C=O) groups excluding carboxylic acids is 3. The van der Waals surface area contributed by atoms with Crippen LogP contribution in [0, 0.1) is 0 Å². The van der Waals surface area contributed by atoms with Gasteiger partial charge in [-0.3, -0.25) is 9.59 Å². The summed E-state index contributed by atoms with van der Waals surface area (Å²) in [6.45, 7) is 8.04. The van der Waals surface area contributed by atoms with Crippen molar-refractivity contribution >= 4 is 41.0 Å². The van der Waals surface area contributed by atoms with E-state index in [0.717, 1.165) is 35.4 Å². The van der Waals surface area contributed by atoms with Gasteiger partial charge >= 0.3 is 0 Å². The molecule has 0 atom stereocenters. The fraction of sp³-hybridized carbons (Fsp3) is 0.320. The molecule has 0 aromatic heterocycles. The molecule has 3 rings (SSSR count). The van der Waals surface area contributed by atoms with Gasteiger partial charge in [-0.05, 0) is 63.2 Å². The summed E-state index contributed by atoms with van der Waals surface area (Å²) in [7, 11) is 1.89. The number of benzene rings is 2. The number of halogens is 1. The summed E-state index contributed by atoms with van der Waals surface area (Å²) in [4.78, 5) is 32.9. The van der Waals surface area contributed by atoms with Crippen molar-refractivity contribution in [3.63, 3.8) is 0 Å². The third kappa shape index (κ3) is 7.94. The number of hydrogen-bond acceptors (Lipinski definition) is 5. The predicted molar refractivity (Wildman–Crippen MR) is 132 cm³/mol. The highest BCUT2D eigenvalue weighted by molar-refractivity contribution is 6.33. The minimum Gasteiger partial charge on any atom is -0.357 e. The van der Waals surface area contributed by atoms with Gasteiger partial charge in [-0.1, -0.05) is 37.6 Å². The van der Waals surface area contributed by atoms with Crippen molar-refractivity contribution in [3.8, 4) is 0 Å². The molecular formula is C25H32ClN3O3. The van der Waals surface area contributed by atoms with Crippen LogP contribution in [0.3, 0.4) is 0 Å². The number of Topliss-reactive ketones (excluding diaryl/α,β-unsaturated/α-hetero) is 1. The number of anilines is 2. The van der Waals surface area contributed by atoms with Crippen LogP contribution >= 0.6 is 11.6 Å². The second-order valence-electron chi connectivity index (χ2n) is 6.76. The van der Waals surface area contributed by atoms with E-state index in [1.54, 1.807) is 18.2 Å². The number of aldehydes is 1.